The van der Waals surface area contributed by atoms with Crippen LogP contribution in [0.2, 0.25) is 0 Å². The third kappa shape index (κ3) is 2.85. The van der Waals surface area contributed by atoms with Gasteiger partial charge in [0.25, 0.3) is 0 Å². The van der Waals surface area contributed by atoms with Crippen LogP contribution in [0.1, 0.15) is 19.8 Å². The van der Waals surface area contributed by atoms with Crippen molar-refractivity contribution in [1.29, 1.82) is 0 Å². The molecule has 0 spiro atoms. The molecule has 1 aromatic rings. The lowest BCUT2D eigenvalue weighted by Crippen LogP contribution is -2.29. The van der Waals surface area contributed by atoms with Gasteiger partial charge in [0, 0.05) is 27.2 Å². The summed E-state index contributed by atoms with van der Waals surface area (Å²) in [4.78, 5) is 2.23. The lowest BCUT2D eigenvalue weighted by molar-refractivity contribution is 0.521. The minimum atomic E-state index is -3.55. The zero-order valence-electron chi connectivity index (χ0n) is 11.5. The molecule has 2 N–H and O–H groups in total. The summed E-state index contributed by atoms with van der Waals surface area (Å²) >= 11 is 1.17. The molecule has 1 aliphatic rings. The SMILES string of the molecule is CCN(CC1CC1)c1snc(N)c1S(=O)(=O)N(C)C. The van der Waals surface area contributed by atoms with Crippen molar-refractivity contribution < 1.29 is 8.42 Å². The lowest BCUT2D eigenvalue weighted by Gasteiger charge is -2.23. The summed E-state index contributed by atoms with van der Waals surface area (Å²) in [6, 6.07) is 0. The van der Waals surface area contributed by atoms with Gasteiger partial charge in [-0.3, -0.25) is 0 Å². The Bertz CT molecular complexity index is 549. The molecule has 1 heterocycles. The molecule has 0 radical (unpaired) electrons. The van der Waals surface area contributed by atoms with E-state index in [-0.39, 0.29) is 10.7 Å². The molecule has 0 amide bonds. The molecule has 19 heavy (non-hydrogen) atoms. The van der Waals surface area contributed by atoms with Crippen LogP contribution in [0, 0.1) is 5.92 Å². The first kappa shape index (κ1) is 14.5. The second kappa shape index (κ2) is 5.26. The summed E-state index contributed by atoms with van der Waals surface area (Å²) in [7, 11) is -0.536. The minimum Gasteiger partial charge on any atom is -0.382 e. The molecule has 0 aromatic carbocycles. The predicted molar refractivity (Wildman–Crippen MR) is 78.0 cm³/mol. The second-order valence-corrected chi connectivity index (χ2v) is 7.81. The monoisotopic (exact) mass is 304 g/mol. The van der Waals surface area contributed by atoms with E-state index < -0.39 is 10.0 Å². The van der Waals surface area contributed by atoms with E-state index in [9.17, 15) is 8.42 Å². The molecule has 2 rings (SSSR count). The highest BCUT2D eigenvalue weighted by Gasteiger charge is 2.32. The van der Waals surface area contributed by atoms with Crippen LogP contribution in [-0.2, 0) is 10.0 Å². The van der Waals surface area contributed by atoms with Crippen LogP contribution in [0.3, 0.4) is 0 Å². The van der Waals surface area contributed by atoms with E-state index in [2.05, 4.69) is 9.27 Å². The molecule has 1 aliphatic carbocycles. The summed E-state index contributed by atoms with van der Waals surface area (Å²) in [5.74, 6) is 0.779. The Labute approximate surface area is 118 Å². The van der Waals surface area contributed by atoms with Gasteiger partial charge in [-0.1, -0.05) is 0 Å². The number of hydrogen-bond acceptors (Lipinski definition) is 6. The van der Waals surface area contributed by atoms with Crippen LogP contribution in [0.25, 0.3) is 0 Å². The topological polar surface area (TPSA) is 79.5 Å². The molecule has 0 bridgehead atoms. The molecule has 6 nitrogen and oxygen atoms in total. The standard InChI is InChI=1S/C11H20N4O2S2/c1-4-15(7-8-5-6-8)11-9(10(12)13-18-11)19(16,17)14(2)3/h8H,4-7H2,1-3H3,(H2,12,13). The van der Waals surface area contributed by atoms with E-state index in [4.69, 9.17) is 5.73 Å². The first-order valence-corrected chi connectivity index (χ1v) is 8.51. The average Bonchev–Trinajstić information content (AvgIpc) is 3.07. The molecule has 8 heteroatoms. The van der Waals surface area contributed by atoms with E-state index in [1.54, 1.807) is 0 Å². The maximum Gasteiger partial charge on any atom is 0.249 e. The molecule has 1 saturated carbocycles. The Morgan fingerprint density at radius 1 is 1.42 bits per heavy atom. The number of sulfonamides is 1. The lowest BCUT2D eigenvalue weighted by atomic mass is 10.3. The Kier molecular flexibility index (Phi) is 4.03. The summed E-state index contributed by atoms with van der Waals surface area (Å²) in [5, 5.41) is 0.667. The fourth-order valence-electron chi connectivity index (χ4n) is 1.88. The van der Waals surface area contributed by atoms with Crippen molar-refractivity contribution in [2.75, 3.05) is 37.8 Å². The zero-order valence-corrected chi connectivity index (χ0v) is 13.1. The highest BCUT2D eigenvalue weighted by Crippen LogP contribution is 2.38. The Morgan fingerprint density at radius 2 is 2.05 bits per heavy atom. The maximum atomic E-state index is 12.3. The van der Waals surface area contributed by atoms with Crippen LogP contribution in [0.15, 0.2) is 4.90 Å². The number of nitrogens with zero attached hydrogens (tertiary/aromatic N) is 3. The average molecular weight is 304 g/mol. The van der Waals surface area contributed by atoms with Crippen LogP contribution >= 0.6 is 11.5 Å². The molecule has 1 aromatic heterocycles. The van der Waals surface area contributed by atoms with Crippen LogP contribution in [0.5, 0.6) is 0 Å². The van der Waals surface area contributed by atoms with Crippen molar-refractivity contribution >= 4 is 32.4 Å². The normalized spacial score (nSPS) is 16.0. The third-order valence-electron chi connectivity index (χ3n) is 3.24. The predicted octanol–water partition coefficient (Wildman–Crippen LogP) is 1.21. The quantitative estimate of drug-likeness (QED) is 0.854. The van der Waals surface area contributed by atoms with Crippen molar-refractivity contribution in [1.82, 2.24) is 8.68 Å². The number of anilines is 2. The Hall–Kier alpha value is -0.860. The molecule has 0 atom stereocenters. The molecule has 0 aliphatic heterocycles. The number of aromatic nitrogens is 1. The van der Waals surface area contributed by atoms with Gasteiger partial charge in [0.15, 0.2) is 10.7 Å². The van der Waals surface area contributed by atoms with Gasteiger partial charge in [0.2, 0.25) is 10.0 Å². The van der Waals surface area contributed by atoms with E-state index in [1.165, 1.54) is 42.8 Å². The molecule has 108 valence electrons. The second-order valence-electron chi connectivity index (χ2n) is 4.97. The number of nitrogens with two attached hydrogens (primary N) is 1. The van der Waals surface area contributed by atoms with E-state index in [0.717, 1.165) is 13.1 Å². The summed E-state index contributed by atoms with van der Waals surface area (Å²) in [6.45, 7) is 3.66. The van der Waals surface area contributed by atoms with Crippen molar-refractivity contribution in [3.8, 4) is 0 Å². The van der Waals surface area contributed by atoms with Crippen molar-refractivity contribution in [3.05, 3.63) is 0 Å². The van der Waals surface area contributed by atoms with Crippen molar-refractivity contribution in [2.24, 2.45) is 5.92 Å². The largest absolute Gasteiger partial charge is 0.382 e. The summed E-state index contributed by atoms with van der Waals surface area (Å²) in [6.07, 6.45) is 2.45. The number of nitrogen functional groups attached to an aromatic ring is 1. The van der Waals surface area contributed by atoms with Gasteiger partial charge in [-0.25, -0.2) is 12.7 Å². The third-order valence-corrected chi connectivity index (χ3v) is 6.17. The number of rotatable bonds is 6. The van der Waals surface area contributed by atoms with Gasteiger partial charge in [0.1, 0.15) is 5.00 Å². The molecular formula is C11H20N4O2S2. The van der Waals surface area contributed by atoms with Crippen LogP contribution in [-0.4, -0.2) is 44.3 Å². The Morgan fingerprint density at radius 3 is 2.53 bits per heavy atom. The van der Waals surface area contributed by atoms with Crippen molar-refractivity contribution in [2.45, 2.75) is 24.7 Å². The van der Waals surface area contributed by atoms with E-state index in [0.29, 0.717) is 10.9 Å². The Balaban J connectivity index is 2.40. The van der Waals surface area contributed by atoms with Crippen LogP contribution < -0.4 is 10.6 Å². The first-order chi connectivity index (χ1) is 8.87. The summed E-state index contributed by atoms with van der Waals surface area (Å²) < 4.78 is 29.9. The molecular weight excluding hydrogens is 284 g/mol. The first-order valence-electron chi connectivity index (χ1n) is 6.30. The molecule has 1 fully saturated rings. The van der Waals surface area contributed by atoms with Crippen LogP contribution in [0.4, 0.5) is 10.8 Å². The van der Waals surface area contributed by atoms with Gasteiger partial charge in [-0.15, -0.1) is 0 Å². The molecule has 0 saturated heterocycles. The van der Waals surface area contributed by atoms with Crippen molar-refractivity contribution in [3.63, 3.8) is 0 Å². The van der Waals surface area contributed by atoms with Gasteiger partial charge >= 0.3 is 0 Å². The molecule has 0 unspecified atom stereocenters. The highest BCUT2D eigenvalue weighted by molar-refractivity contribution is 7.89. The fourth-order valence-corrected chi connectivity index (χ4v) is 4.17. The maximum absolute atomic E-state index is 12.3. The summed E-state index contributed by atoms with van der Waals surface area (Å²) in [5.41, 5.74) is 5.77. The zero-order chi connectivity index (χ0) is 14.2. The number of hydrogen-bond donors (Lipinski definition) is 1. The van der Waals surface area contributed by atoms with Gasteiger partial charge in [0.05, 0.1) is 0 Å². The van der Waals surface area contributed by atoms with E-state index >= 15 is 0 Å². The van der Waals surface area contributed by atoms with E-state index in [1.807, 2.05) is 6.92 Å². The smallest absolute Gasteiger partial charge is 0.249 e. The minimum absolute atomic E-state index is 0.1000. The van der Waals surface area contributed by atoms with Gasteiger partial charge in [-0.05, 0) is 37.2 Å². The van der Waals surface area contributed by atoms with Gasteiger partial charge < -0.3 is 10.6 Å². The fraction of sp³-hybridized carbons (Fsp3) is 0.727. The highest BCUT2D eigenvalue weighted by atomic mass is 32.2. The van der Waals surface area contributed by atoms with Gasteiger partial charge in [-0.2, -0.15) is 4.37 Å².